The van der Waals surface area contributed by atoms with E-state index in [2.05, 4.69) is 12.2 Å². The van der Waals surface area contributed by atoms with Crippen LogP contribution in [-0.4, -0.2) is 17.1 Å². The first-order valence-electron chi connectivity index (χ1n) is 6.17. The second-order valence-electron chi connectivity index (χ2n) is 4.88. The van der Waals surface area contributed by atoms with E-state index < -0.39 is 5.97 Å². The Morgan fingerprint density at radius 1 is 1.47 bits per heavy atom. The third-order valence-corrected chi connectivity index (χ3v) is 3.63. The highest BCUT2D eigenvalue weighted by atomic mass is 16.4. The Morgan fingerprint density at radius 3 is 2.65 bits per heavy atom. The lowest BCUT2D eigenvalue weighted by molar-refractivity contribution is 0.0659. The van der Waals surface area contributed by atoms with Crippen LogP contribution in [0.2, 0.25) is 0 Å². The second-order valence-corrected chi connectivity index (χ2v) is 4.88. The van der Waals surface area contributed by atoms with Gasteiger partial charge in [-0.05, 0) is 44.7 Å². The number of carboxylic acid groups (broad SMARTS) is 1. The van der Waals surface area contributed by atoms with Crippen LogP contribution in [-0.2, 0) is 0 Å². The van der Waals surface area contributed by atoms with Crippen LogP contribution >= 0.6 is 0 Å². The fraction of sp³-hybridized carbons (Fsp3) is 0.615. The molecule has 0 radical (unpaired) electrons. The van der Waals surface area contributed by atoms with Gasteiger partial charge in [0.2, 0.25) is 5.76 Å². The fourth-order valence-electron chi connectivity index (χ4n) is 2.25. The van der Waals surface area contributed by atoms with Gasteiger partial charge in [-0.15, -0.1) is 0 Å². The van der Waals surface area contributed by atoms with Crippen molar-refractivity contribution in [2.45, 2.75) is 45.2 Å². The maximum absolute atomic E-state index is 10.7. The van der Waals surface area contributed by atoms with Crippen molar-refractivity contribution in [1.82, 2.24) is 5.32 Å². The van der Waals surface area contributed by atoms with E-state index in [9.17, 15) is 4.79 Å². The molecule has 0 aromatic carbocycles. The predicted octanol–water partition coefficient (Wildman–Crippen LogP) is 2.82. The first kappa shape index (κ1) is 12.2. The maximum Gasteiger partial charge on any atom is 0.371 e. The minimum absolute atomic E-state index is 0.00458. The lowest BCUT2D eigenvalue weighted by atomic mass is 9.80. The molecule has 2 atom stereocenters. The lowest BCUT2D eigenvalue weighted by Crippen LogP contribution is -2.38. The SMILES string of the molecule is CC(NC(C)C1CCC1)c1ccc(C(=O)O)o1. The molecule has 0 saturated heterocycles. The first-order chi connectivity index (χ1) is 8.08. The van der Waals surface area contributed by atoms with Crippen LogP contribution in [0.3, 0.4) is 0 Å². The molecule has 1 aliphatic rings. The van der Waals surface area contributed by atoms with Gasteiger partial charge in [0.1, 0.15) is 5.76 Å². The van der Waals surface area contributed by atoms with E-state index in [1.54, 1.807) is 6.07 Å². The number of nitrogens with one attached hydrogen (secondary N) is 1. The van der Waals surface area contributed by atoms with Crippen molar-refractivity contribution in [3.05, 3.63) is 23.7 Å². The monoisotopic (exact) mass is 237 g/mol. The van der Waals surface area contributed by atoms with Gasteiger partial charge in [0.25, 0.3) is 0 Å². The molecule has 1 aliphatic carbocycles. The first-order valence-corrected chi connectivity index (χ1v) is 6.17. The predicted molar refractivity (Wildman–Crippen MR) is 64.0 cm³/mol. The van der Waals surface area contributed by atoms with Crippen LogP contribution in [0.1, 0.15) is 55.5 Å². The Morgan fingerprint density at radius 2 is 2.18 bits per heavy atom. The molecule has 1 saturated carbocycles. The number of furan rings is 1. The zero-order chi connectivity index (χ0) is 12.4. The molecule has 4 heteroatoms. The number of hydrogen-bond acceptors (Lipinski definition) is 3. The highest BCUT2D eigenvalue weighted by Gasteiger charge is 2.25. The number of carboxylic acids is 1. The summed E-state index contributed by atoms with van der Waals surface area (Å²) in [6.07, 6.45) is 3.91. The van der Waals surface area contributed by atoms with E-state index in [1.807, 2.05) is 6.92 Å². The molecule has 1 aromatic rings. The normalized spacial score (nSPS) is 19.6. The third kappa shape index (κ3) is 2.69. The summed E-state index contributed by atoms with van der Waals surface area (Å²) in [5, 5.41) is 12.2. The van der Waals surface area contributed by atoms with E-state index in [4.69, 9.17) is 9.52 Å². The Bertz CT molecular complexity index is 395. The van der Waals surface area contributed by atoms with Gasteiger partial charge in [-0.2, -0.15) is 0 Å². The van der Waals surface area contributed by atoms with E-state index in [0.717, 1.165) is 5.92 Å². The molecule has 0 amide bonds. The van der Waals surface area contributed by atoms with Crippen LogP contribution in [0.15, 0.2) is 16.5 Å². The highest BCUT2D eigenvalue weighted by molar-refractivity contribution is 5.84. The summed E-state index contributed by atoms with van der Waals surface area (Å²) < 4.78 is 5.28. The van der Waals surface area contributed by atoms with E-state index in [1.165, 1.54) is 25.3 Å². The summed E-state index contributed by atoms with van der Waals surface area (Å²) in [4.78, 5) is 10.7. The summed E-state index contributed by atoms with van der Waals surface area (Å²) in [5.41, 5.74) is 0. The van der Waals surface area contributed by atoms with E-state index in [0.29, 0.717) is 11.8 Å². The van der Waals surface area contributed by atoms with Crippen LogP contribution in [0.25, 0.3) is 0 Å². The van der Waals surface area contributed by atoms with E-state index in [-0.39, 0.29) is 11.8 Å². The average molecular weight is 237 g/mol. The molecule has 2 rings (SSSR count). The van der Waals surface area contributed by atoms with Gasteiger partial charge in [-0.25, -0.2) is 4.79 Å². The van der Waals surface area contributed by atoms with Crippen LogP contribution in [0, 0.1) is 5.92 Å². The Hall–Kier alpha value is -1.29. The lowest BCUT2D eigenvalue weighted by Gasteiger charge is -2.33. The third-order valence-electron chi connectivity index (χ3n) is 3.63. The maximum atomic E-state index is 10.7. The summed E-state index contributed by atoms with van der Waals surface area (Å²) in [6, 6.07) is 3.74. The van der Waals surface area contributed by atoms with E-state index >= 15 is 0 Å². The van der Waals surface area contributed by atoms with Crippen molar-refractivity contribution in [3.63, 3.8) is 0 Å². The molecule has 17 heavy (non-hydrogen) atoms. The summed E-state index contributed by atoms with van der Waals surface area (Å²) in [5.74, 6) is 0.431. The van der Waals surface area contributed by atoms with Crippen LogP contribution in [0.5, 0.6) is 0 Å². The van der Waals surface area contributed by atoms with Gasteiger partial charge in [0.15, 0.2) is 0 Å². The molecule has 94 valence electrons. The van der Waals surface area contributed by atoms with Crippen molar-refractivity contribution < 1.29 is 14.3 Å². The standard InChI is InChI=1S/C13H19NO3/c1-8(10-4-3-5-10)14-9(2)11-6-7-12(17-11)13(15)16/h6-10,14H,3-5H2,1-2H3,(H,15,16). The van der Waals surface area contributed by atoms with Crippen molar-refractivity contribution in [2.75, 3.05) is 0 Å². The largest absolute Gasteiger partial charge is 0.475 e. The van der Waals surface area contributed by atoms with Crippen molar-refractivity contribution in [3.8, 4) is 0 Å². The Kier molecular flexibility index (Phi) is 3.52. The van der Waals surface area contributed by atoms with Crippen molar-refractivity contribution in [1.29, 1.82) is 0 Å². The van der Waals surface area contributed by atoms with Gasteiger partial charge in [0, 0.05) is 6.04 Å². The summed E-state index contributed by atoms with van der Waals surface area (Å²) >= 11 is 0. The zero-order valence-electron chi connectivity index (χ0n) is 10.3. The smallest absolute Gasteiger partial charge is 0.371 e. The fourth-order valence-corrected chi connectivity index (χ4v) is 2.25. The molecule has 0 spiro atoms. The minimum atomic E-state index is -1.02. The minimum Gasteiger partial charge on any atom is -0.475 e. The summed E-state index contributed by atoms with van der Waals surface area (Å²) in [7, 11) is 0. The van der Waals surface area contributed by atoms with Gasteiger partial charge < -0.3 is 14.8 Å². The number of aromatic carboxylic acids is 1. The number of carbonyl (C=O) groups is 1. The Labute approximate surface area is 101 Å². The van der Waals surface area contributed by atoms with Crippen LogP contribution < -0.4 is 5.32 Å². The van der Waals surface area contributed by atoms with Gasteiger partial charge in [0.05, 0.1) is 6.04 Å². The number of rotatable bonds is 5. The molecule has 1 fully saturated rings. The molecule has 0 aliphatic heterocycles. The molecule has 0 bridgehead atoms. The average Bonchev–Trinajstić information content (AvgIpc) is 2.62. The van der Waals surface area contributed by atoms with Gasteiger partial charge >= 0.3 is 5.97 Å². The zero-order valence-corrected chi connectivity index (χ0v) is 10.3. The molecule has 2 N–H and O–H groups in total. The number of hydrogen-bond donors (Lipinski definition) is 2. The van der Waals surface area contributed by atoms with Crippen molar-refractivity contribution in [2.24, 2.45) is 5.92 Å². The topological polar surface area (TPSA) is 62.5 Å². The molecular weight excluding hydrogens is 218 g/mol. The molecule has 1 heterocycles. The second kappa shape index (κ2) is 4.92. The van der Waals surface area contributed by atoms with Crippen LogP contribution in [0.4, 0.5) is 0 Å². The van der Waals surface area contributed by atoms with Gasteiger partial charge in [-0.1, -0.05) is 6.42 Å². The molecule has 2 unspecified atom stereocenters. The molecule has 1 aromatic heterocycles. The quantitative estimate of drug-likeness (QED) is 0.826. The molecule has 4 nitrogen and oxygen atoms in total. The molecular formula is C13H19NO3. The Balaban J connectivity index is 1.93. The summed E-state index contributed by atoms with van der Waals surface area (Å²) in [6.45, 7) is 4.18. The van der Waals surface area contributed by atoms with Crippen molar-refractivity contribution >= 4 is 5.97 Å². The highest BCUT2D eigenvalue weighted by Crippen LogP contribution is 2.30. The van der Waals surface area contributed by atoms with Gasteiger partial charge in [-0.3, -0.25) is 0 Å².